The number of fused-ring (bicyclic) bond motifs is 1. The van der Waals surface area contributed by atoms with Crippen LogP contribution in [0.4, 0.5) is 0 Å². The van der Waals surface area contributed by atoms with E-state index < -0.39 is 11.8 Å². The highest BCUT2D eigenvalue weighted by Gasteiger charge is 2.09. The predicted molar refractivity (Wildman–Crippen MR) is 122 cm³/mol. The van der Waals surface area contributed by atoms with Crippen LogP contribution < -0.4 is 20.9 Å². The van der Waals surface area contributed by atoms with E-state index in [2.05, 4.69) is 32.1 Å². The summed E-state index contributed by atoms with van der Waals surface area (Å²) in [5.74, 6) is 0.901. The number of halogens is 1. The Morgan fingerprint density at radius 3 is 2.70 bits per heavy atom. The second kappa shape index (κ2) is 10.0. The van der Waals surface area contributed by atoms with Crippen molar-refractivity contribution in [3.8, 4) is 5.75 Å². The van der Waals surface area contributed by atoms with Gasteiger partial charge in [0, 0.05) is 6.08 Å². The maximum Gasteiger partial charge on any atom is 0.276 e. The molecule has 0 aliphatic heterocycles. The number of ether oxygens (including phenoxy) is 1. The zero-order valence-electron chi connectivity index (χ0n) is 15.9. The van der Waals surface area contributed by atoms with Gasteiger partial charge in [-0.25, -0.2) is 0 Å². The van der Waals surface area contributed by atoms with Gasteiger partial charge in [0.05, 0.1) is 4.47 Å². The molecule has 0 atom stereocenters. The quantitative estimate of drug-likeness (QED) is 0.289. The summed E-state index contributed by atoms with van der Waals surface area (Å²) in [6.07, 6.45) is 2.78. The molecule has 0 bridgehead atoms. The van der Waals surface area contributed by atoms with Crippen LogP contribution in [0.2, 0.25) is 0 Å². The van der Waals surface area contributed by atoms with E-state index in [-0.39, 0.29) is 11.7 Å². The normalized spacial score (nSPS) is 10.7. The highest BCUT2D eigenvalue weighted by atomic mass is 79.9. The molecule has 0 unspecified atom stereocenters. The molecule has 1 aromatic heterocycles. The van der Waals surface area contributed by atoms with Crippen LogP contribution in [0.3, 0.4) is 0 Å². The molecule has 0 spiro atoms. The third kappa shape index (κ3) is 5.91. The first-order valence-electron chi connectivity index (χ1n) is 8.87. The van der Waals surface area contributed by atoms with Gasteiger partial charge in [-0.2, -0.15) is 0 Å². The van der Waals surface area contributed by atoms with Crippen LogP contribution >= 0.6 is 28.1 Å². The van der Waals surface area contributed by atoms with Crippen molar-refractivity contribution in [3.05, 3.63) is 70.6 Å². The van der Waals surface area contributed by atoms with E-state index in [0.717, 1.165) is 21.0 Å². The summed E-state index contributed by atoms with van der Waals surface area (Å²) >= 11 is 8.47. The van der Waals surface area contributed by atoms with Gasteiger partial charge < -0.3 is 9.15 Å². The van der Waals surface area contributed by atoms with Crippen molar-refractivity contribution in [2.45, 2.75) is 6.92 Å². The molecule has 0 fully saturated rings. The first-order chi connectivity index (χ1) is 14.4. The minimum atomic E-state index is -0.466. The fraction of sp³-hybridized carbons (Fsp3) is 0.0952. The van der Waals surface area contributed by atoms with Crippen LogP contribution in [0.25, 0.3) is 16.8 Å². The fourth-order valence-corrected chi connectivity index (χ4v) is 3.28. The summed E-state index contributed by atoms with van der Waals surface area (Å²) in [5, 5.41) is 4.39. The van der Waals surface area contributed by atoms with E-state index in [1.165, 1.54) is 12.2 Å². The van der Waals surface area contributed by atoms with E-state index in [1.54, 1.807) is 18.2 Å². The van der Waals surface area contributed by atoms with Crippen LogP contribution in [0, 0.1) is 6.92 Å². The zero-order chi connectivity index (χ0) is 21.5. The van der Waals surface area contributed by atoms with Gasteiger partial charge in [0.1, 0.15) is 17.3 Å². The molecule has 0 saturated heterocycles. The van der Waals surface area contributed by atoms with Crippen LogP contribution in [-0.4, -0.2) is 23.5 Å². The zero-order valence-corrected chi connectivity index (χ0v) is 18.3. The van der Waals surface area contributed by atoms with Crippen LogP contribution in [-0.2, 0) is 9.59 Å². The number of hydrazine groups is 1. The predicted octanol–water partition coefficient (Wildman–Crippen LogP) is 3.62. The molecule has 2 amide bonds. The summed E-state index contributed by atoms with van der Waals surface area (Å²) in [6.45, 7) is 1.57. The maximum absolute atomic E-state index is 12.0. The number of carbonyl (C=O) groups is 2. The van der Waals surface area contributed by atoms with E-state index in [1.807, 2.05) is 37.3 Å². The monoisotopic (exact) mass is 487 g/mol. The summed E-state index contributed by atoms with van der Waals surface area (Å²) in [6, 6.07) is 15.0. The minimum absolute atomic E-state index is 0.0551. The van der Waals surface area contributed by atoms with E-state index in [4.69, 9.17) is 21.4 Å². The number of carbonyl (C=O) groups excluding carboxylic acids is 2. The van der Waals surface area contributed by atoms with E-state index in [0.29, 0.717) is 11.5 Å². The smallest absolute Gasteiger partial charge is 0.276 e. The lowest BCUT2D eigenvalue weighted by atomic mass is 10.1. The molecular formula is C21H18BrN3O4S. The Morgan fingerprint density at radius 2 is 1.93 bits per heavy atom. The molecule has 3 N–H and O–H groups in total. The van der Waals surface area contributed by atoms with Crippen molar-refractivity contribution in [2.24, 2.45) is 0 Å². The van der Waals surface area contributed by atoms with Gasteiger partial charge in [0.25, 0.3) is 5.91 Å². The molecule has 154 valence electrons. The molecule has 7 nitrogen and oxygen atoms in total. The summed E-state index contributed by atoms with van der Waals surface area (Å²) in [5.41, 5.74) is 4.81. The van der Waals surface area contributed by atoms with Gasteiger partial charge in [-0.15, -0.1) is 0 Å². The van der Waals surface area contributed by atoms with Gasteiger partial charge >= 0.3 is 0 Å². The number of amides is 2. The lowest BCUT2D eigenvalue weighted by molar-refractivity contribution is -0.123. The van der Waals surface area contributed by atoms with Crippen molar-refractivity contribution >= 4 is 61.9 Å². The Morgan fingerprint density at radius 1 is 1.13 bits per heavy atom. The van der Waals surface area contributed by atoms with Crippen molar-refractivity contribution < 1.29 is 18.7 Å². The van der Waals surface area contributed by atoms with Crippen molar-refractivity contribution in [1.29, 1.82) is 0 Å². The third-order valence-electron chi connectivity index (χ3n) is 3.90. The Kier molecular flexibility index (Phi) is 7.21. The third-order valence-corrected chi connectivity index (χ3v) is 4.92. The van der Waals surface area contributed by atoms with Gasteiger partial charge in [0.15, 0.2) is 11.7 Å². The number of benzene rings is 2. The minimum Gasteiger partial charge on any atom is -0.483 e. The molecule has 0 saturated carbocycles. The molecule has 3 aromatic rings. The molecule has 3 rings (SSSR count). The standard InChI is InChI=1S/C21H18BrN3O4S/c1-13-6-8-15(29-13)9-11-18(26)23-21(30)25-24-19(27)12-28-17-10-7-14-4-2-3-5-16(14)20(17)22/h2-11H,12H2,1H3,(H,24,27)(H2,23,25,26,30). The molecule has 30 heavy (non-hydrogen) atoms. The number of rotatable bonds is 5. The van der Waals surface area contributed by atoms with E-state index in [9.17, 15) is 9.59 Å². The maximum atomic E-state index is 12.0. The second-order valence-corrected chi connectivity index (χ2v) is 7.36. The van der Waals surface area contributed by atoms with Gasteiger partial charge in [-0.1, -0.05) is 30.3 Å². The molecule has 0 aliphatic carbocycles. The topological polar surface area (TPSA) is 92.6 Å². The van der Waals surface area contributed by atoms with E-state index >= 15 is 0 Å². The molecule has 9 heteroatoms. The molecule has 0 radical (unpaired) electrons. The van der Waals surface area contributed by atoms with Crippen LogP contribution in [0.15, 0.2) is 63.5 Å². The number of hydrogen-bond acceptors (Lipinski definition) is 5. The average Bonchev–Trinajstić information content (AvgIpc) is 3.15. The number of nitrogens with one attached hydrogen (secondary N) is 3. The van der Waals surface area contributed by atoms with Crippen LogP contribution in [0.5, 0.6) is 5.75 Å². The van der Waals surface area contributed by atoms with Crippen LogP contribution in [0.1, 0.15) is 11.5 Å². The van der Waals surface area contributed by atoms with Crippen molar-refractivity contribution in [1.82, 2.24) is 16.2 Å². The Balaban J connectivity index is 1.43. The second-order valence-electron chi connectivity index (χ2n) is 6.16. The van der Waals surface area contributed by atoms with Crippen molar-refractivity contribution in [2.75, 3.05) is 6.61 Å². The lowest BCUT2D eigenvalue weighted by Crippen LogP contribution is -2.49. The fourth-order valence-electron chi connectivity index (χ4n) is 2.52. The SMILES string of the molecule is Cc1ccc(C=CC(=O)NC(=S)NNC(=O)COc2ccc3ccccc3c2Br)o1. The largest absolute Gasteiger partial charge is 0.483 e. The summed E-state index contributed by atoms with van der Waals surface area (Å²) in [4.78, 5) is 23.8. The van der Waals surface area contributed by atoms with Crippen molar-refractivity contribution in [3.63, 3.8) is 0 Å². The van der Waals surface area contributed by atoms with Gasteiger partial charge in [-0.05, 0) is 70.1 Å². The Bertz CT molecular complexity index is 1130. The van der Waals surface area contributed by atoms with Gasteiger partial charge in [-0.3, -0.25) is 25.8 Å². The Labute approximate surface area is 186 Å². The first kappa shape index (κ1) is 21.5. The molecule has 2 aromatic carbocycles. The number of furan rings is 1. The molecule has 1 heterocycles. The average molecular weight is 488 g/mol. The Hall–Kier alpha value is -3.17. The molecule has 0 aliphatic rings. The first-order valence-corrected chi connectivity index (χ1v) is 10.1. The lowest BCUT2D eigenvalue weighted by Gasteiger charge is -2.12. The summed E-state index contributed by atoms with van der Waals surface area (Å²) < 4.78 is 11.6. The number of hydrogen-bond donors (Lipinski definition) is 3. The molecular weight excluding hydrogens is 470 g/mol. The number of aryl methyl sites for hydroxylation is 1. The summed E-state index contributed by atoms with van der Waals surface area (Å²) in [7, 11) is 0. The highest BCUT2D eigenvalue weighted by molar-refractivity contribution is 9.10. The van der Waals surface area contributed by atoms with Gasteiger partial charge in [0.2, 0.25) is 5.91 Å². The number of thiocarbonyl (C=S) groups is 1. The highest BCUT2D eigenvalue weighted by Crippen LogP contribution is 2.32.